The SMILES string of the molecule is Cc1ccc(S(=O)(=O)n2nc(N3CCN(C(C)(CF)CF)CC34CC4)c3c(Cl)cccc32)cc1. The van der Waals surface area contributed by atoms with Crippen LogP contribution in [0.1, 0.15) is 25.3 Å². The molecule has 2 aliphatic rings. The zero-order valence-electron chi connectivity index (χ0n) is 19.1. The molecule has 1 aliphatic carbocycles. The van der Waals surface area contributed by atoms with Gasteiger partial charge < -0.3 is 4.90 Å². The Hall–Kier alpha value is -2.23. The van der Waals surface area contributed by atoms with Crippen molar-refractivity contribution in [2.45, 2.75) is 42.7 Å². The highest BCUT2D eigenvalue weighted by atomic mass is 35.5. The fourth-order valence-corrected chi connectivity index (χ4v) is 6.34. The molecule has 1 saturated carbocycles. The molecule has 0 atom stereocenters. The summed E-state index contributed by atoms with van der Waals surface area (Å²) in [5, 5.41) is 5.59. The molecule has 1 spiro atoms. The average Bonchev–Trinajstić information content (AvgIpc) is 3.47. The van der Waals surface area contributed by atoms with Gasteiger partial charge in [-0.1, -0.05) is 35.4 Å². The van der Waals surface area contributed by atoms with Crippen LogP contribution in [-0.2, 0) is 10.0 Å². The lowest BCUT2D eigenvalue weighted by Crippen LogP contribution is -2.63. The molecule has 0 unspecified atom stereocenters. The molecule has 0 radical (unpaired) electrons. The van der Waals surface area contributed by atoms with Gasteiger partial charge in [0.05, 0.1) is 31.9 Å². The van der Waals surface area contributed by atoms with Gasteiger partial charge in [-0.05, 0) is 51.0 Å². The summed E-state index contributed by atoms with van der Waals surface area (Å²) < 4.78 is 55.6. The fraction of sp³-hybridized carbons (Fsp3) is 0.458. The van der Waals surface area contributed by atoms with Crippen LogP contribution < -0.4 is 4.90 Å². The zero-order valence-corrected chi connectivity index (χ0v) is 20.7. The van der Waals surface area contributed by atoms with E-state index in [0.717, 1.165) is 22.5 Å². The molecule has 6 nitrogen and oxygen atoms in total. The molecule has 0 amide bonds. The minimum Gasteiger partial charge on any atom is -0.346 e. The van der Waals surface area contributed by atoms with Gasteiger partial charge >= 0.3 is 0 Å². The second-order valence-electron chi connectivity index (χ2n) is 9.68. The normalized spacial score (nSPS) is 18.7. The second kappa shape index (κ2) is 8.17. The summed E-state index contributed by atoms with van der Waals surface area (Å²) >= 11 is 6.59. The molecule has 1 saturated heterocycles. The molecule has 10 heteroatoms. The van der Waals surface area contributed by atoms with E-state index < -0.39 is 28.9 Å². The zero-order chi connectivity index (χ0) is 24.3. The summed E-state index contributed by atoms with van der Waals surface area (Å²) in [6.07, 6.45) is 1.67. The highest BCUT2D eigenvalue weighted by molar-refractivity contribution is 7.90. The van der Waals surface area contributed by atoms with Crippen LogP contribution in [0.25, 0.3) is 10.9 Å². The number of anilines is 1. The van der Waals surface area contributed by atoms with Gasteiger partial charge in [-0.25, -0.2) is 8.78 Å². The standard InChI is InChI=1S/C24H27ClF2N4O2S/c1-17-6-8-18(9-7-17)34(32,33)31-20-5-3-4-19(25)21(20)22(28-31)30-13-12-29(16-24(30)10-11-24)23(2,14-26)15-27/h3-9H,10-16H2,1-2H3. The van der Waals surface area contributed by atoms with Crippen molar-refractivity contribution >= 4 is 38.3 Å². The Bertz CT molecular complexity index is 1340. The number of piperazine rings is 1. The Morgan fingerprint density at radius 2 is 1.76 bits per heavy atom. The van der Waals surface area contributed by atoms with Gasteiger partial charge in [0.2, 0.25) is 0 Å². The minimum absolute atomic E-state index is 0.140. The van der Waals surface area contributed by atoms with E-state index >= 15 is 0 Å². The lowest BCUT2D eigenvalue weighted by molar-refractivity contribution is 0.0333. The number of alkyl halides is 2. The van der Waals surface area contributed by atoms with Crippen LogP contribution in [-0.4, -0.2) is 66.6 Å². The molecular weight excluding hydrogens is 482 g/mol. The number of hydrogen-bond donors (Lipinski definition) is 0. The molecule has 2 fully saturated rings. The summed E-state index contributed by atoms with van der Waals surface area (Å²) in [5.41, 5.74) is -0.146. The molecule has 182 valence electrons. The number of halogens is 3. The summed E-state index contributed by atoms with van der Waals surface area (Å²) in [6, 6.07) is 11.8. The van der Waals surface area contributed by atoms with Gasteiger partial charge in [-0.3, -0.25) is 4.90 Å². The van der Waals surface area contributed by atoms with E-state index in [-0.39, 0.29) is 10.4 Å². The number of aryl methyl sites for hydroxylation is 1. The first kappa shape index (κ1) is 23.5. The average molecular weight is 509 g/mol. The summed E-state index contributed by atoms with van der Waals surface area (Å²) in [7, 11) is -3.97. The second-order valence-corrected chi connectivity index (χ2v) is 11.9. The number of rotatable bonds is 6. The third-order valence-electron chi connectivity index (χ3n) is 7.23. The van der Waals surface area contributed by atoms with Crippen molar-refractivity contribution in [3.63, 3.8) is 0 Å². The number of fused-ring (bicyclic) bond motifs is 1. The Morgan fingerprint density at radius 1 is 1.09 bits per heavy atom. The highest BCUT2D eigenvalue weighted by Crippen LogP contribution is 2.49. The smallest absolute Gasteiger partial charge is 0.283 e. The summed E-state index contributed by atoms with van der Waals surface area (Å²) in [5.74, 6) is 0.496. The molecule has 0 N–H and O–H groups in total. The van der Waals surface area contributed by atoms with E-state index in [1.165, 1.54) is 0 Å². The van der Waals surface area contributed by atoms with Crippen LogP contribution in [0.5, 0.6) is 0 Å². The topological polar surface area (TPSA) is 58.4 Å². The maximum absolute atomic E-state index is 13.7. The molecule has 1 aromatic heterocycles. The first-order chi connectivity index (χ1) is 16.1. The largest absolute Gasteiger partial charge is 0.346 e. The number of aromatic nitrogens is 2. The quantitative estimate of drug-likeness (QED) is 0.487. The van der Waals surface area contributed by atoms with Crippen LogP contribution in [0, 0.1) is 6.92 Å². The van der Waals surface area contributed by atoms with Crippen molar-refractivity contribution in [3.8, 4) is 0 Å². The van der Waals surface area contributed by atoms with Crippen LogP contribution >= 0.6 is 11.6 Å². The molecule has 0 bridgehead atoms. The predicted molar refractivity (Wildman–Crippen MR) is 130 cm³/mol. The number of hydrogen-bond acceptors (Lipinski definition) is 5. The van der Waals surface area contributed by atoms with E-state index in [4.69, 9.17) is 11.6 Å². The molecule has 1 aliphatic heterocycles. The molecule has 2 heterocycles. The fourth-order valence-electron chi connectivity index (χ4n) is 4.81. The van der Waals surface area contributed by atoms with Crippen molar-refractivity contribution in [2.24, 2.45) is 0 Å². The highest BCUT2D eigenvalue weighted by Gasteiger charge is 2.55. The molecule has 3 aromatic rings. The number of nitrogens with zero attached hydrogens (tertiary/aromatic N) is 4. The lowest BCUT2D eigenvalue weighted by atomic mass is 9.99. The van der Waals surface area contributed by atoms with Crippen LogP contribution in [0.15, 0.2) is 47.4 Å². The Kier molecular flexibility index (Phi) is 5.65. The van der Waals surface area contributed by atoms with E-state index in [1.54, 1.807) is 49.4 Å². The minimum atomic E-state index is -3.97. The predicted octanol–water partition coefficient (Wildman–Crippen LogP) is 4.59. The molecule has 2 aromatic carbocycles. The van der Waals surface area contributed by atoms with Gasteiger partial charge in [0.15, 0.2) is 5.82 Å². The molecular formula is C24H27ClF2N4O2S. The van der Waals surface area contributed by atoms with Crippen LogP contribution in [0.2, 0.25) is 5.02 Å². The maximum atomic E-state index is 13.7. The monoisotopic (exact) mass is 508 g/mol. The van der Waals surface area contributed by atoms with Crippen molar-refractivity contribution in [2.75, 3.05) is 37.9 Å². The van der Waals surface area contributed by atoms with Crippen LogP contribution in [0.4, 0.5) is 14.6 Å². The summed E-state index contributed by atoms with van der Waals surface area (Å²) in [4.78, 5) is 4.11. The lowest BCUT2D eigenvalue weighted by Gasteiger charge is -2.48. The first-order valence-electron chi connectivity index (χ1n) is 11.3. The van der Waals surface area contributed by atoms with E-state index in [0.29, 0.717) is 41.4 Å². The molecule has 5 rings (SSSR count). The van der Waals surface area contributed by atoms with Crippen molar-refractivity contribution in [1.29, 1.82) is 0 Å². The van der Waals surface area contributed by atoms with E-state index in [2.05, 4.69) is 10.00 Å². The third-order valence-corrected chi connectivity index (χ3v) is 9.14. The third kappa shape index (κ3) is 3.60. The van der Waals surface area contributed by atoms with Gasteiger partial charge in [0.25, 0.3) is 10.0 Å². The Balaban J connectivity index is 1.60. The van der Waals surface area contributed by atoms with Gasteiger partial charge in [0.1, 0.15) is 13.3 Å². The van der Waals surface area contributed by atoms with Gasteiger partial charge in [0, 0.05) is 19.6 Å². The van der Waals surface area contributed by atoms with Crippen molar-refractivity contribution in [3.05, 3.63) is 53.1 Å². The Labute approximate surface area is 203 Å². The summed E-state index contributed by atoms with van der Waals surface area (Å²) in [6.45, 7) is 3.36. The maximum Gasteiger partial charge on any atom is 0.283 e. The Morgan fingerprint density at radius 3 is 2.38 bits per heavy atom. The van der Waals surface area contributed by atoms with Crippen molar-refractivity contribution < 1.29 is 17.2 Å². The first-order valence-corrected chi connectivity index (χ1v) is 13.1. The molecule has 34 heavy (non-hydrogen) atoms. The van der Waals surface area contributed by atoms with E-state index in [1.807, 2.05) is 11.8 Å². The van der Waals surface area contributed by atoms with Crippen LogP contribution in [0.3, 0.4) is 0 Å². The van der Waals surface area contributed by atoms with Crippen molar-refractivity contribution in [1.82, 2.24) is 14.1 Å². The van der Waals surface area contributed by atoms with Gasteiger partial charge in [-0.2, -0.15) is 12.5 Å². The van der Waals surface area contributed by atoms with E-state index in [9.17, 15) is 17.2 Å². The number of benzene rings is 2. The van der Waals surface area contributed by atoms with Gasteiger partial charge in [-0.15, -0.1) is 5.10 Å².